The van der Waals surface area contributed by atoms with E-state index in [9.17, 15) is 0 Å². The van der Waals surface area contributed by atoms with E-state index in [4.69, 9.17) is 9.85 Å². The van der Waals surface area contributed by atoms with Crippen LogP contribution in [0.5, 0.6) is 0 Å². The van der Waals surface area contributed by atoms with Crippen LogP contribution < -0.4 is 9.68 Å². The summed E-state index contributed by atoms with van der Waals surface area (Å²) in [7, 11) is -0.357. The topological polar surface area (TPSA) is 34.4 Å². The SMILES string of the molecule is CCN(CC)P1(=Nc2cccc(C)c2C)/C(=C2\N(C)c3ccccc3C2(C)C)C=NN1c1ccccc1. The van der Waals surface area contributed by atoms with Crippen molar-refractivity contribution in [2.75, 3.05) is 29.8 Å². The van der Waals surface area contributed by atoms with Crippen LogP contribution in [0.15, 0.2) is 93.7 Å². The number of likely N-dealkylation sites (N-methyl/N-ethyl adjacent to an activating group) is 1. The van der Waals surface area contributed by atoms with Gasteiger partial charge in [0, 0.05) is 36.9 Å². The van der Waals surface area contributed by atoms with Crippen LogP contribution in [-0.2, 0) is 5.41 Å². The number of rotatable bonds is 5. The molecule has 2 aliphatic rings. The molecule has 0 amide bonds. The Morgan fingerprint density at radius 3 is 2.24 bits per heavy atom. The van der Waals surface area contributed by atoms with Crippen LogP contribution in [0, 0.1) is 13.8 Å². The summed E-state index contributed by atoms with van der Waals surface area (Å²) < 4.78 is 10.6. The van der Waals surface area contributed by atoms with Gasteiger partial charge in [0.15, 0.2) is 7.36 Å². The van der Waals surface area contributed by atoms with Crippen molar-refractivity contribution in [1.82, 2.24) is 4.67 Å². The van der Waals surface area contributed by atoms with Crippen molar-refractivity contribution in [2.45, 2.75) is 47.0 Å². The van der Waals surface area contributed by atoms with Crippen LogP contribution >= 0.6 is 7.36 Å². The number of hydrogen-bond acceptors (Lipinski definition) is 3. The van der Waals surface area contributed by atoms with Gasteiger partial charge in [-0.15, -0.1) is 0 Å². The Labute approximate surface area is 222 Å². The molecule has 3 aromatic rings. The summed E-state index contributed by atoms with van der Waals surface area (Å²) in [5, 5.41) is 6.38. The summed E-state index contributed by atoms with van der Waals surface area (Å²) in [4.78, 5) is 2.38. The first-order valence-corrected chi connectivity index (χ1v) is 14.8. The van der Waals surface area contributed by atoms with Crippen molar-refractivity contribution in [3.63, 3.8) is 0 Å². The second-order valence-corrected chi connectivity index (χ2v) is 13.1. The molecule has 1 unspecified atom stereocenters. The van der Waals surface area contributed by atoms with Gasteiger partial charge in [-0.1, -0.05) is 76.2 Å². The van der Waals surface area contributed by atoms with Crippen LogP contribution in [0.25, 0.3) is 0 Å². The molecule has 5 nitrogen and oxygen atoms in total. The molecule has 0 aromatic heterocycles. The van der Waals surface area contributed by atoms with E-state index in [1.165, 1.54) is 33.4 Å². The lowest BCUT2D eigenvalue weighted by Crippen LogP contribution is -2.31. The maximum atomic E-state index is 5.79. The highest BCUT2D eigenvalue weighted by Gasteiger charge is 2.49. The fourth-order valence-electron chi connectivity index (χ4n) is 5.85. The Bertz CT molecular complexity index is 1430. The first kappa shape index (κ1) is 25.5. The van der Waals surface area contributed by atoms with Crippen molar-refractivity contribution < 1.29 is 0 Å². The highest BCUT2D eigenvalue weighted by Crippen LogP contribution is 2.70. The van der Waals surface area contributed by atoms with E-state index in [0.717, 1.165) is 24.5 Å². The number of aryl methyl sites for hydroxylation is 1. The average Bonchev–Trinajstić information content (AvgIpc) is 3.35. The third kappa shape index (κ3) is 3.88. The zero-order valence-corrected chi connectivity index (χ0v) is 24.0. The summed E-state index contributed by atoms with van der Waals surface area (Å²) in [5.41, 5.74) is 8.29. The minimum atomic E-state index is -2.56. The predicted molar refractivity (Wildman–Crippen MR) is 160 cm³/mol. The van der Waals surface area contributed by atoms with Crippen LogP contribution in [0.1, 0.15) is 44.4 Å². The lowest BCUT2D eigenvalue weighted by Gasteiger charge is -2.41. The summed E-state index contributed by atoms with van der Waals surface area (Å²) in [6, 6.07) is 25.8. The van der Waals surface area contributed by atoms with E-state index < -0.39 is 7.36 Å². The van der Waals surface area contributed by atoms with Gasteiger partial charge in [0.2, 0.25) is 0 Å². The number of hydrogen-bond donors (Lipinski definition) is 0. The fourth-order valence-corrected chi connectivity index (χ4v) is 9.80. The van der Waals surface area contributed by atoms with E-state index in [2.05, 4.69) is 142 Å². The van der Waals surface area contributed by atoms with Crippen LogP contribution in [0.2, 0.25) is 0 Å². The first-order chi connectivity index (χ1) is 17.8. The van der Waals surface area contributed by atoms with Gasteiger partial charge in [-0.2, -0.15) is 5.10 Å². The number of fused-ring (bicyclic) bond motifs is 1. The Morgan fingerprint density at radius 1 is 0.892 bits per heavy atom. The van der Waals surface area contributed by atoms with Crippen molar-refractivity contribution in [3.05, 3.63) is 100 Å². The molecule has 192 valence electrons. The molecule has 37 heavy (non-hydrogen) atoms. The standard InChI is InChI=1S/C31H38N5P/c1-8-35(9-2)37(33-27-20-15-16-23(3)24(27)4)29(22-32-36(37)25-17-11-10-12-18-25)30-31(5,6)26-19-13-14-21-28(26)34(30)7/h10-22H,8-9H2,1-7H3/b30-29-. The summed E-state index contributed by atoms with van der Waals surface area (Å²) in [6.45, 7) is 15.3. The molecule has 0 saturated heterocycles. The van der Waals surface area contributed by atoms with Crippen molar-refractivity contribution in [2.24, 2.45) is 9.85 Å². The fraction of sp³-hybridized carbons (Fsp3) is 0.323. The molecule has 0 N–H and O–H groups in total. The molecular weight excluding hydrogens is 473 g/mol. The Balaban J connectivity index is 1.91. The predicted octanol–water partition coefficient (Wildman–Crippen LogP) is 8.45. The molecule has 0 spiro atoms. The Hall–Kier alpha value is -3.14. The molecule has 0 saturated carbocycles. The van der Waals surface area contributed by atoms with Crippen molar-refractivity contribution >= 4 is 30.6 Å². The first-order valence-electron chi connectivity index (χ1n) is 13.2. The minimum absolute atomic E-state index is 0.186. The molecule has 5 rings (SSSR count). The molecule has 2 heterocycles. The lowest BCUT2D eigenvalue weighted by atomic mass is 9.84. The van der Waals surface area contributed by atoms with E-state index in [1.807, 2.05) is 0 Å². The van der Waals surface area contributed by atoms with Gasteiger partial charge >= 0.3 is 0 Å². The highest BCUT2D eigenvalue weighted by atomic mass is 31.2. The van der Waals surface area contributed by atoms with Crippen LogP contribution in [0.4, 0.5) is 17.1 Å². The van der Waals surface area contributed by atoms with Gasteiger partial charge in [-0.25, -0.2) is 14.2 Å². The van der Waals surface area contributed by atoms with Gasteiger partial charge < -0.3 is 4.90 Å². The number of hydrazone groups is 1. The zero-order chi connectivity index (χ0) is 26.4. The summed E-state index contributed by atoms with van der Waals surface area (Å²) in [6.07, 6.45) is 2.10. The quantitative estimate of drug-likeness (QED) is 0.322. The number of anilines is 2. The van der Waals surface area contributed by atoms with Gasteiger partial charge in [0.05, 0.1) is 22.9 Å². The van der Waals surface area contributed by atoms with E-state index in [-0.39, 0.29) is 5.41 Å². The number of para-hydroxylation sites is 2. The normalized spacial score (nSPS) is 22.2. The molecule has 3 aromatic carbocycles. The van der Waals surface area contributed by atoms with Gasteiger partial charge in [0.25, 0.3) is 0 Å². The number of benzene rings is 3. The maximum Gasteiger partial charge on any atom is 0.179 e. The lowest BCUT2D eigenvalue weighted by molar-refractivity contribution is 0.501. The minimum Gasteiger partial charge on any atom is -0.346 e. The Kier molecular flexibility index (Phi) is 6.64. The molecular formula is C31H38N5P. The third-order valence-electron chi connectivity index (χ3n) is 7.92. The van der Waals surface area contributed by atoms with Gasteiger partial charge in [-0.3, -0.25) is 0 Å². The largest absolute Gasteiger partial charge is 0.346 e. The van der Waals surface area contributed by atoms with E-state index >= 15 is 0 Å². The van der Waals surface area contributed by atoms with Gasteiger partial charge in [-0.05, 0) is 54.8 Å². The third-order valence-corrected chi connectivity index (χ3v) is 11.6. The second-order valence-electron chi connectivity index (χ2n) is 10.3. The second kappa shape index (κ2) is 9.63. The molecule has 0 bridgehead atoms. The summed E-state index contributed by atoms with van der Waals surface area (Å²) >= 11 is 0. The number of allylic oxidation sites excluding steroid dienone is 2. The maximum absolute atomic E-state index is 5.79. The monoisotopic (exact) mass is 511 g/mol. The van der Waals surface area contributed by atoms with Crippen molar-refractivity contribution in [1.29, 1.82) is 0 Å². The highest BCUT2D eigenvalue weighted by molar-refractivity contribution is 7.71. The van der Waals surface area contributed by atoms with Crippen LogP contribution in [-0.4, -0.2) is 31.0 Å². The molecule has 1 atom stereocenters. The molecule has 0 fully saturated rings. The molecule has 6 heteroatoms. The molecule has 2 aliphatic heterocycles. The van der Waals surface area contributed by atoms with Gasteiger partial charge in [0.1, 0.15) is 0 Å². The smallest absolute Gasteiger partial charge is 0.179 e. The zero-order valence-electron chi connectivity index (χ0n) is 23.1. The summed E-state index contributed by atoms with van der Waals surface area (Å²) in [5.74, 6) is 0. The molecule has 0 radical (unpaired) electrons. The van der Waals surface area contributed by atoms with Crippen LogP contribution in [0.3, 0.4) is 0 Å². The number of nitrogens with zero attached hydrogens (tertiary/aromatic N) is 5. The molecule has 0 aliphatic carbocycles. The van der Waals surface area contributed by atoms with E-state index in [0.29, 0.717) is 0 Å². The Morgan fingerprint density at radius 2 is 1.57 bits per heavy atom. The van der Waals surface area contributed by atoms with E-state index in [1.54, 1.807) is 0 Å². The van der Waals surface area contributed by atoms with Crippen molar-refractivity contribution in [3.8, 4) is 0 Å². The average molecular weight is 512 g/mol.